The van der Waals surface area contributed by atoms with Crippen LogP contribution in [-0.2, 0) is 4.79 Å². The molecule has 5 heteroatoms. The van der Waals surface area contributed by atoms with Gasteiger partial charge < -0.3 is 10.3 Å². The standard InChI is InChI=1S/C11H11N3OS/c15-10(8-16-11-12-6-7-13-11)14-9-4-2-1-3-5-9/h1-7H,8H2,(H,12,13)(H,14,15). The normalized spacial score (nSPS) is 10.0. The highest BCUT2D eigenvalue weighted by Crippen LogP contribution is 2.12. The summed E-state index contributed by atoms with van der Waals surface area (Å²) in [7, 11) is 0. The van der Waals surface area contributed by atoms with Crippen molar-refractivity contribution in [3.8, 4) is 0 Å². The molecule has 0 saturated carbocycles. The van der Waals surface area contributed by atoms with Gasteiger partial charge in [0.2, 0.25) is 5.91 Å². The van der Waals surface area contributed by atoms with Crippen LogP contribution >= 0.6 is 11.8 Å². The molecule has 0 spiro atoms. The van der Waals surface area contributed by atoms with Crippen LogP contribution in [0.3, 0.4) is 0 Å². The van der Waals surface area contributed by atoms with Crippen molar-refractivity contribution in [2.75, 3.05) is 11.1 Å². The van der Waals surface area contributed by atoms with Crippen LogP contribution in [-0.4, -0.2) is 21.6 Å². The second kappa shape index (κ2) is 5.37. The number of imidazole rings is 1. The largest absolute Gasteiger partial charge is 0.340 e. The molecule has 0 fully saturated rings. The summed E-state index contributed by atoms with van der Waals surface area (Å²) in [5, 5.41) is 3.56. The van der Waals surface area contributed by atoms with Crippen molar-refractivity contribution in [1.29, 1.82) is 0 Å². The predicted octanol–water partition coefficient (Wildman–Crippen LogP) is 2.14. The van der Waals surface area contributed by atoms with E-state index in [-0.39, 0.29) is 5.91 Å². The number of hydrogen-bond acceptors (Lipinski definition) is 3. The second-order valence-corrected chi connectivity index (χ2v) is 4.06. The Labute approximate surface area is 97.5 Å². The Balaban J connectivity index is 1.81. The molecule has 1 amide bonds. The Kier molecular flexibility index (Phi) is 3.61. The van der Waals surface area contributed by atoms with Gasteiger partial charge in [-0.2, -0.15) is 0 Å². The Morgan fingerprint density at radius 3 is 2.88 bits per heavy atom. The molecule has 0 unspecified atom stereocenters. The van der Waals surface area contributed by atoms with E-state index in [0.717, 1.165) is 10.8 Å². The first-order valence-electron chi connectivity index (χ1n) is 4.81. The molecule has 0 aliphatic rings. The molecule has 0 saturated heterocycles. The van der Waals surface area contributed by atoms with Crippen molar-refractivity contribution in [2.24, 2.45) is 0 Å². The van der Waals surface area contributed by atoms with Crippen molar-refractivity contribution in [3.63, 3.8) is 0 Å². The van der Waals surface area contributed by atoms with Gasteiger partial charge in [-0.1, -0.05) is 30.0 Å². The summed E-state index contributed by atoms with van der Waals surface area (Å²) in [6, 6.07) is 9.39. The number of anilines is 1. The van der Waals surface area contributed by atoms with E-state index in [4.69, 9.17) is 0 Å². The molecule has 4 nitrogen and oxygen atoms in total. The van der Waals surface area contributed by atoms with Crippen LogP contribution in [0.25, 0.3) is 0 Å². The number of nitrogens with zero attached hydrogens (tertiary/aromatic N) is 1. The van der Waals surface area contributed by atoms with Gasteiger partial charge in [-0.3, -0.25) is 4.79 Å². The Morgan fingerprint density at radius 1 is 1.38 bits per heavy atom. The molecule has 2 N–H and O–H groups in total. The third-order valence-corrected chi connectivity index (χ3v) is 2.77. The monoisotopic (exact) mass is 233 g/mol. The van der Waals surface area contributed by atoms with E-state index >= 15 is 0 Å². The molecule has 1 heterocycles. The lowest BCUT2D eigenvalue weighted by Gasteiger charge is -2.03. The van der Waals surface area contributed by atoms with E-state index in [1.54, 1.807) is 12.4 Å². The average Bonchev–Trinajstić information content (AvgIpc) is 2.81. The number of para-hydroxylation sites is 1. The number of nitrogens with one attached hydrogen (secondary N) is 2. The Bertz CT molecular complexity index is 442. The summed E-state index contributed by atoms with van der Waals surface area (Å²) >= 11 is 1.38. The van der Waals surface area contributed by atoms with Gasteiger partial charge in [0.15, 0.2) is 5.16 Å². The van der Waals surface area contributed by atoms with Crippen molar-refractivity contribution >= 4 is 23.4 Å². The number of aromatic nitrogens is 2. The summed E-state index contributed by atoms with van der Waals surface area (Å²) in [4.78, 5) is 18.5. The zero-order valence-corrected chi connectivity index (χ0v) is 9.33. The molecule has 82 valence electrons. The molecule has 0 bridgehead atoms. The number of aromatic amines is 1. The van der Waals surface area contributed by atoms with Gasteiger partial charge in [0.25, 0.3) is 0 Å². The summed E-state index contributed by atoms with van der Waals surface area (Å²) in [6.45, 7) is 0. The maximum atomic E-state index is 11.5. The highest BCUT2D eigenvalue weighted by Gasteiger charge is 2.04. The predicted molar refractivity (Wildman–Crippen MR) is 64.4 cm³/mol. The molecule has 0 aliphatic carbocycles. The first kappa shape index (κ1) is 10.8. The molecule has 2 rings (SSSR count). The average molecular weight is 233 g/mol. The molecule has 1 aromatic carbocycles. The maximum Gasteiger partial charge on any atom is 0.234 e. The van der Waals surface area contributed by atoms with E-state index < -0.39 is 0 Å². The van der Waals surface area contributed by atoms with Crippen LogP contribution in [0.1, 0.15) is 0 Å². The van der Waals surface area contributed by atoms with Crippen LogP contribution in [0.5, 0.6) is 0 Å². The van der Waals surface area contributed by atoms with Gasteiger partial charge in [-0.15, -0.1) is 0 Å². The van der Waals surface area contributed by atoms with Crippen LogP contribution in [0, 0.1) is 0 Å². The van der Waals surface area contributed by atoms with Crippen molar-refractivity contribution in [2.45, 2.75) is 5.16 Å². The van der Waals surface area contributed by atoms with Crippen molar-refractivity contribution in [3.05, 3.63) is 42.7 Å². The van der Waals surface area contributed by atoms with Crippen LogP contribution < -0.4 is 5.32 Å². The number of carbonyl (C=O) groups is 1. The van der Waals surface area contributed by atoms with Gasteiger partial charge in [0.05, 0.1) is 5.75 Å². The lowest BCUT2D eigenvalue weighted by atomic mass is 10.3. The number of hydrogen-bond donors (Lipinski definition) is 2. The zero-order valence-electron chi connectivity index (χ0n) is 8.51. The number of benzene rings is 1. The summed E-state index contributed by atoms with van der Waals surface area (Å²) in [6.07, 6.45) is 3.40. The highest BCUT2D eigenvalue weighted by molar-refractivity contribution is 7.99. The molecule has 0 radical (unpaired) electrons. The smallest absolute Gasteiger partial charge is 0.234 e. The number of carbonyl (C=O) groups excluding carboxylic acids is 1. The minimum absolute atomic E-state index is 0.0346. The zero-order chi connectivity index (χ0) is 11.2. The fourth-order valence-corrected chi connectivity index (χ4v) is 1.81. The van der Waals surface area contributed by atoms with Crippen LogP contribution in [0.2, 0.25) is 0 Å². The van der Waals surface area contributed by atoms with Gasteiger partial charge in [-0.25, -0.2) is 4.98 Å². The highest BCUT2D eigenvalue weighted by atomic mass is 32.2. The summed E-state index contributed by atoms with van der Waals surface area (Å²) < 4.78 is 0. The topological polar surface area (TPSA) is 57.8 Å². The Morgan fingerprint density at radius 2 is 2.19 bits per heavy atom. The Hall–Kier alpha value is -1.75. The molecule has 2 aromatic rings. The third-order valence-electron chi connectivity index (χ3n) is 1.87. The first-order chi connectivity index (χ1) is 7.84. The van der Waals surface area contributed by atoms with E-state index in [9.17, 15) is 4.79 Å². The van der Waals surface area contributed by atoms with Crippen LogP contribution in [0.4, 0.5) is 5.69 Å². The molecule has 16 heavy (non-hydrogen) atoms. The van der Waals surface area contributed by atoms with Gasteiger partial charge in [0, 0.05) is 18.1 Å². The minimum Gasteiger partial charge on any atom is -0.340 e. The second-order valence-electron chi connectivity index (χ2n) is 3.10. The van der Waals surface area contributed by atoms with Gasteiger partial charge >= 0.3 is 0 Å². The number of rotatable bonds is 4. The molecular formula is C11H11N3OS. The van der Waals surface area contributed by atoms with E-state index in [1.165, 1.54) is 11.8 Å². The fourth-order valence-electron chi connectivity index (χ4n) is 1.18. The summed E-state index contributed by atoms with van der Waals surface area (Å²) in [5.41, 5.74) is 0.813. The summed E-state index contributed by atoms with van der Waals surface area (Å²) in [5.74, 6) is 0.315. The number of thioether (sulfide) groups is 1. The first-order valence-corrected chi connectivity index (χ1v) is 5.80. The number of H-pyrrole nitrogens is 1. The van der Waals surface area contributed by atoms with E-state index in [1.807, 2.05) is 30.3 Å². The SMILES string of the molecule is O=C(CSc1ncc[nH]1)Nc1ccccc1. The van der Waals surface area contributed by atoms with E-state index in [0.29, 0.717) is 5.75 Å². The van der Waals surface area contributed by atoms with E-state index in [2.05, 4.69) is 15.3 Å². The lowest BCUT2D eigenvalue weighted by Crippen LogP contribution is -2.13. The van der Waals surface area contributed by atoms with Gasteiger partial charge in [0.1, 0.15) is 0 Å². The third kappa shape index (κ3) is 3.13. The maximum absolute atomic E-state index is 11.5. The molecule has 0 atom stereocenters. The van der Waals surface area contributed by atoms with Crippen LogP contribution in [0.15, 0.2) is 47.9 Å². The molecule has 0 aliphatic heterocycles. The molecule has 1 aromatic heterocycles. The minimum atomic E-state index is -0.0346. The quantitative estimate of drug-likeness (QED) is 0.795. The lowest BCUT2D eigenvalue weighted by molar-refractivity contribution is -0.113. The van der Waals surface area contributed by atoms with Gasteiger partial charge in [-0.05, 0) is 12.1 Å². The molecular weight excluding hydrogens is 222 g/mol. The fraction of sp³-hybridized carbons (Fsp3) is 0.0909. The number of amides is 1. The van der Waals surface area contributed by atoms with Crippen molar-refractivity contribution in [1.82, 2.24) is 9.97 Å². The van der Waals surface area contributed by atoms with Crippen molar-refractivity contribution < 1.29 is 4.79 Å².